The van der Waals surface area contributed by atoms with Gasteiger partial charge in [0.25, 0.3) is 0 Å². The van der Waals surface area contributed by atoms with Crippen LogP contribution in [0.4, 0.5) is 0 Å². The molecule has 2 nitrogen and oxygen atoms in total. The summed E-state index contributed by atoms with van der Waals surface area (Å²) in [5, 5.41) is 3.49. The molecule has 0 radical (unpaired) electrons. The highest BCUT2D eigenvalue weighted by atomic mass is 15.2. The molecule has 2 unspecified atom stereocenters. The minimum atomic E-state index is 0.295. The number of nitrogens with one attached hydrogen (secondary N) is 1. The lowest BCUT2D eigenvalue weighted by Crippen LogP contribution is -2.54. The van der Waals surface area contributed by atoms with Gasteiger partial charge in [-0.25, -0.2) is 0 Å². The Morgan fingerprint density at radius 1 is 1.19 bits per heavy atom. The minimum absolute atomic E-state index is 0.295. The van der Waals surface area contributed by atoms with E-state index < -0.39 is 0 Å². The van der Waals surface area contributed by atoms with Gasteiger partial charge in [0.05, 0.1) is 0 Å². The largest absolute Gasteiger partial charge is 0.315 e. The Bertz CT molecular complexity index is 178. The van der Waals surface area contributed by atoms with Crippen LogP contribution in [0.25, 0.3) is 0 Å². The Hall–Kier alpha value is -0.0800. The van der Waals surface area contributed by atoms with Gasteiger partial charge in [-0.3, -0.25) is 4.90 Å². The Labute approximate surface area is 103 Å². The molecular weight excluding hydrogens is 196 g/mol. The van der Waals surface area contributed by atoms with Crippen molar-refractivity contribution >= 4 is 0 Å². The first-order chi connectivity index (χ1) is 7.44. The molecule has 0 saturated carbocycles. The number of nitrogens with zero attached hydrogens (tertiary/aromatic N) is 1. The van der Waals surface area contributed by atoms with E-state index in [0.29, 0.717) is 17.6 Å². The van der Waals surface area contributed by atoms with E-state index in [-0.39, 0.29) is 0 Å². The second-order valence-corrected chi connectivity index (χ2v) is 5.44. The van der Waals surface area contributed by atoms with Gasteiger partial charge in [0.1, 0.15) is 0 Å². The van der Waals surface area contributed by atoms with E-state index in [1.54, 1.807) is 0 Å². The second-order valence-electron chi connectivity index (χ2n) is 5.44. The van der Waals surface area contributed by atoms with Crippen molar-refractivity contribution in [1.29, 1.82) is 0 Å². The molecule has 2 atom stereocenters. The topological polar surface area (TPSA) is 15.3 Å². The van der Waals surface area contributed by atoms with Crippen molar-refractivity contribution in [3.8, 4) is 0 Å². The molecule has 0 aromatic rings. The molecule has 0 aromatic carbocycles. The predicted octanol–water partition coefficient (Wildman–Crippen LogP) is 3.27. The van der Waals surface area contributed by atoms with Gasteiger partial charge >= 0.3 is 0 Å². The first-order valence-corrected chi connectivity index (χ1v) is 6.84. The van der Waals surface area contributed by atoms with Crippen molar-refractivity contribution in [2.45, 2.75) is 77.9 Å². The van der Waals surface area contributed by atoms with Gasteiger partial charge in [-0.05, 0) is 47.2 Å². The number of hydrogen-bond acceptors (Lipinski definition) is 2. The molecule has 0 spiro atoms. The van der Waals surface area contributed by atoms with E-state index >= 15 is 0 Å². The van der Waals surface area contributed by atoms with E-state index in [1.165, 1.54) is 25.7 Å². The maximum absolute atomic E-state index is 3.49. The Morgan fingerprint density at radius 3 is 2.06 bits per heavy atom. The average molecular weight is 228 g/mol. The van der Waals surface area contributed by atoms with Crippen LogP contribution in [-0.4, -0.2) is 36.6 Å². The monoisotopic (exact) mass is 228 g/mol. The highest BCUT2D eigenvalue weighted by molar-refractivity contribution is 4.88. The molecule has 0 heterocycles. The van der Waals surface area contributed by atoms with Gasteiger partial charge < -0.3 is 5.32 Å². The van der Waals surface area contributed by atoms with E-state index in [4.69, 9.17) is 0 Å². The fraction of sp³-hybridized carbons (Fsp3) is 1.00. The molecule has 2 heteroatoms. The first-order valence-electron chi connectivity index (χ1n) is 6.84. The molecule has 0 rings (SSSR count). The van der Waals surface area contributed by atoms with E-state index in [0.717, 1.165) is 0 Å². The van der Waals surface area contributed by atoms with E-state index in [2.05, 4.69) is 58.9 Å². The summed E-state index contributed by atoms with van der Waals surface area (Å²) in [6, 6.07) is 1.26. The molecule has 0 aliphatic heterocycles. The predicted molar refractivity (Wildman–Crippen MR) is 74.0 cm³/mol. The summed E-state index contributed by atoms with van der Waals surface area (Å²) in [4.78, 5) is 2.56. The zero-order chi connectivity index (χ0) is 12.8. The van der Waals surface area contributed by atoms with Crippen LogP contribution in [0.15, 0.2) is 0 Å². The molecule has 0 aliphatic carbocycles. The Balaban J connectivity index is 4.68. The van der Waals surface area contributed by atoms with E-state index in [9.17, 15) is 0 Å². The van der Waals surface area contributed by atoms with Gasteiger partial charge in [-0.2, -0.15) is 0 Å². The number of likely N-dealkylation sites (N-methyl/N-ethyl adjacent to an activating group) is 2. The quantitative estimate of drug-likeness (QED) is 0.686. The Kier molecular flexibility index (Phi) is 7.25. The van der Waals surface area contributed by atoms with Gasteiger partial charge in [0.2, 0.25) is 0 Å². The highest BCUT2D eigenvalue weighted by Crippen LogP contribution is 2.23. The third-order valence-electron chi connectivity index (χ3n) is 4.17. The molecule has 98 valence electrons. The van der Waals surface area contributed by atoms with Gasteiger partial charge in [0, 0.05) is 17.6 Å². The molecule has 0 fully saturated rings. The summed E-state index contributed by atoms with van der Waals surface area (Å²) in [6.45, 7) is 11.5. The fourth-order valence-electron chi connectivity index (χ4n) is 2.37. The maximum atomic E-state index is 3.49. The third-order valence-corrected chi connectivity index (χ3v) is 4.17. The van der Waals surface area contributed by atoms with Crippen LogP contribution >= 0.6 is 0 Å². The van der Waals surface area contributed by atoms with Gasteiger partial charge in [0.15, 0.2) is 0 Å². The molecule has 0 aliphatic rings. The second kappa shape index (κ2) is 7.29. The molecule has 0 saturated heterocycles. The van der Waals surface area contributed by atoms with Crippen LogP contribution < -0.4 is 5.32 Å². The van der Waals surface area contributed by atoms with Gasteiger partial charge in [-0.15, -0.1) is 0 Å². The highest BCUT2D eigenvalue weighted by Gasteiger charge is 2.30. The smallest absolute Gasteiger partial charge is 0.0248 e. The van der Waals surface area contributed by atoms with Crippen molar-refractivity contribution in [3.05, 3.63) is 0 Å². The van der Waals surface area contributed by atoms with Crippen molar-refractivity contribution < 1.29 is 0 Å². The summed E-state index contributed by atoms with van der Waals surface area (Å²) >= 11 is 0. The van der Waals surface area contributed by atoms with Crippen molar-refractivity contribution in [1.82, 2.24) is 10.2 Å². The lowest BCUT2D eigenvalue weighted by molar-refractivity contribution is 0.0707. The van der Waals surface area contributed by atoms with Crippen LogP contribution in [0.2, 0.25) is 0 Å². The van der Waals surface area contributed by atoms with Crippen molar-refractivity contribution in [2.24, 2.45) is 0 Å². The summed E-state index contributed by atoms with van der Waals surface area (Å²) < 4.78 is 0. The fourth-order valence-corrected chi connectivity index (χ4v) is 2.37. The van der Waals surface area contributed by atoms with Crippen LogP contribution in [0, 0.1) is 0 Å². The molecular formula is C14H32N2. The minimum Gasteiger partial charge on any atom is -0.315 e. The lowest BCUT2D eigenvalue weighted by Gasteiger charge is -2.44. The maximum Gasteiger partial charge on any atom is 0.0248 e. The zero-order valence-electron chi connectivity index (χ0n) is 12.4. The summed E-state index contributed by atoms with van der Waals surface area (Å²) in [5.41, 5.74) is 0.295. The standard InChI is InChI=1S/C14H32N2/c1-8-11-12(15-6)13(9-2)16(7)14(4,5)10-3/h12-13,15H,8-11H2,1-7H3. The summed E-state index contributed by atoms with van der Waals surface area (Å²) in [6.07, 6.45) is 4.93. The van der Waals surface area contributed by atoms with Crippen molar-refractivity contribution in [3.63, 3.8) is 0 Å². The molecule has 16 heavy (non-hydrogen) atoms. The van der Waals surface area contributed by atoms with Crippen LogP contribution in [0.1, 0.15) is 60.3 Å². The van der Waals surface area contributed by atoms with Crippen LogP contribution in [-0.2, 0) is 0 Å². The molecule has 0 bridgehead atoms. The molecule has 0 amide bonds. The molecule has 0 aromatic heterocycles. The Morgan fingerprint density at radius 2 is 1.75 bits per heavy atom. The number of hydrogen-bond donors (Lipinski definition) is 1. The van der Waals surface area contributed by atoms with Crippen molar-refractivity contribution in [2.75, 3.05) is 14.1 Å². The number of rotatable bonds is 8. The zero-order valence-corrected chi connectivity index (χ0v) is 12.4. The average Bonchev–Trinajstić information content (AvgIpc) is 2.28. The van der Waals surface area contributed by atoms with Gasteiger partial charge in [-0.1, -0.05) is 27.2 Å². The van der Waals surface area contributed by atoms with E-state index in [1.807, 2.05) is 0 Å². The first kappa shape index (κ1) is 15.9. The molecule has 1 N–H and O–H groups in total. The lowest BCUT2D eigenvalue weighted by atomic mass is 9.92. The third kappa shape index (κ3) is 4.06. The summed E-state index contributed by atoms with van der Waals surface area (Å²) in [5.74, 6) is 0. The summed E-state index contributed by atoms with van der Waals surface area (Å²) in [7, 11) is 4.37. The SMILES string of the molecule is CCCC(NC)C(CC)N(C)C(C)(C)CC. The normalized spacial score (nSPS) is 16.5. The van der Waals surface area contributed by atoms with Crippen LogP contribution in [0.3, 0.4) is 0 Å². The van der Waals surface area contributed by atoms with Crippen LogP contribution in [0.5, 0.6) is 0 Å².